The zero-order valence-electron chi connectivity index (χ0n) is 22.0. The lowest BCUT2D eigenvalue weighted by molar-refractivity contribution is -0.384. The Kier molecular flexibility index (Phi) is 8.53. The van der Waals surface area contributed by atoms with Crippen molar-refractivity contribution in [2.75, 3.05) is 14.2 Å². The Hall–Kier alpha value is -5.06. The van der Waals surface area contributed by atoms with Crippen LogP contribution in [0, 0.1) is 10.1 Å². The molecule has 208 valence electrons. The molecule has 40 heavy (non-hydrogen) atoms. The number of Topliss-reactive ketones (excluding diaryl/α,β-unsaturated/α-hetero) is 1. The lowest BCUT2D eigenvalue weighted by atomic mass is 9.88. The number of carbonyl (C=O) groups is 2. The number of ketones is 1. The van der Waals surface area contributed by atoms with Crippen LogP contribution in [-0.2, 0) is 17.6 Å². The third-order valence-corrected chi connectivity index (χ3v) is 6.66. The lowest BCUT2D eigenvalue weighted by Crippen LogP contribution is -2.45. The fourth-order valence-electron chi connectivity index (χ4n) is 4.63. The fraction of sp³-hybridized carbons (Fsp3) is 0.241. The van der Waals surface area contributed by atoms with E-state index >= 15 is 0 Å². The van der Waals surface area contributed by atoms with Gasteiger partial charge < -0.3 is 30.3 Å². The van der Waals surface area contributed by atoms with Crippen LogP contribution in [0.25, 0.3) is 0 Å². The van der Waals surface area contributed by atoms with Crippen LogP contribution in [0.4, 0.5) is 10.5 Å². The third kappa shape index (κ3) is 6.32. The van der Waals surface area contributed by atoms with Gasteiger partial charge in [0.2, 0.25) is 0 Å². The molecule has 0 aliphatic carbocycles. The number of nitro groups is 1. The molecule has 0 fully saturated rings. The molecule has 0 bridgehead atoms. The van der Waals surface area contributed by atoms with E-state index in [0.717, 1.165) is 11.1 Å². The number of nitrogens with one attached hydrogen (secondary N) is 2. The predicted octanol–water partition coefficient (Wildman–Crippen LogP) is 4.47. The smallest absolute Gasteiger partial charge is 0.319 e. The minimum atomic E-state index is -0.903. The van der Waals surface area contributed by atoms with Crippen molar-refractivity contribution < 1.29 is 34.2 Å². The summed E-state index contributed by atoms with van der Waals surface area (Å²) in [5.74, 6) is 0.312. The number of ether oxygens (including phenoxy) is 2. The number of nitro benzene ring substituents is 1. The number of aromatic hydroxyl groups is 2. The molecule has 0 radical (unpaired) electrons. The van der Waals surface area contributed by atoms with E-state index in [1.165, 1.54) is 44.6 Å². The zero-order valence-corrected chi connectivity index (χ0v) is 22.0. The van der Waals surface area contributed by atoms with Gasteiger partial charge in [0, 0.05) is 29.8 Å². The summed E-state index contributed by atoms with van der Waals surface area (Å²) in [6, 6.07) is 14.1. The Morgan fingerprint density at radius 2 is 1.55 bits per heavy atom. The monoisotopic (exact) mass is 547 g/mol. The molecule has 1 aliphatic rings. The zero-order chi connectivity index (χ0) is 28.8. The molecule has 4 N–H and O–H groups in total. The quantitative estimate of drug-likeness (QED) is 0.202. The second-order valence-corrected chi connectivity index (χ2v) is 9.21. The topological polar surface area (TPSA) is 160 Å². The molecule has 1 atom stereocenters. The molecule has 11 heteroatoms. The molecule has 1 unspecified atom stereocenters. The molecule has 3 aromatic carbocycles. The Balaban J connectivity index is 1.69. The van der Waals surface area contributed by atoms with Gasteiger partial charge in [-0.05, 0) is 60.2 Å². The summed E-state index contributed by atoms with van der Waals surface area (Å²) >= 11 is 0. The maximum atomic E-state index is 13.8. The minimum Gasteiger partial charge on any atom is -0.504 e. The van der Waals surface area contributed by atoms with Crippen LogP contribution in [0.1, 0.15) is 35.6 Å². The molecular weight excluding hydrogens is 518 g/mol. The van der Waals surface area contributed by atoms with E-state index in [9.17, 15) is 29.9 Å². The van der Waals surface area contributed by atoms with Gasteiger partial charge >= 0.3 is 6.03 Å². The molecule has 0 aromatic heterocycles. The number of nitrogens with zero attached hydrogens (tertiary/aromatic N) is 1. The van der Waals surface area contributed by atoms with E-state index in [-0.39, 0.29) is 41.6 Å². The van der Waals surface area contributed by atoms with Crippen LogP contribution in [0.15, 0.2) is 71.9 Å². The second-order valence-electron chi connectivity index (χ2n) is 9.21. The van der Waals surface area contributed by atoms with Crippen LogP contribution in [0.5, 0.6) is 23.0 Å². The van der Waals surface area contributed by atoms with E-state index < -0.39 is 17.0 Å². The maximum Gasteiger partial charge on any atom is 0.319 e. The van der Waals surface area contributed by atoms with E-state index in [2.05, 4.69) is 10.6 Å². The molecular formula is C29H29N3O8. The first-order chi connectivity index (χ1) is 19.2. The predicted molar refractivity (Wildman–Crippen MR) is 145 cm³/mol. The Bertz CT molecular complexity index is 1480. The van der Waals surface area contributed by atoms with Crippen LogP contribution in [0.3, 0.4) is 0 Å². The summed E-state index contributed by atoms with van der Waals surface area (Å²) < 4.78 is 10.3. The normalized spacial score (nSPS) is 14.8. The van der Waals surface area contributed by atoms with Crippen molar-refractivity contribution in [3.8, 4) is 23.0 Å². The number of amides is 2. The number of methoxy groups -OCH3 is 2. The molecule has 11 nitrogen and oxygen atoms in total. The Morgan fingerprint density at radius 1 is 0.925 bits per heavy atom. The first kappa shape index (κ1) is 28.0. The fourth-order valence-corrected chi connectivity index (χ4v) is 4.63. The van der Waals surface area contributed by atoms with E-state index in [1.807, 2.05) is 0 Å². The van der Waals surface area contributed by atoms with Gasteiger partial charge in [0.1, 0.15) is 0 Å². The first-order valence-electron chi connectivity index (χ1n) is 12.5. The Morgan fingerprint density at radius 3 is 2.15 bits per heavy atom. The number of rotatable bonds is 11. The molecule has 4 rings (SSSR count). The number of allylic oxidation sites excluding steroid dienone is 1. The van der Waals surface area contributed by atoms with Crippen molar-refractivity contribution in [3.05, 3.63) is 98.7 Å². The van der Waals surface area contributed by atoms with Crippen LogP contribution in [0.2, 0.25) is 0 Å². The molecule has 1 heterocycles. The van der Waals surface area contributed by atoms with Gasteiger partial charge in [-0.25, -0.2) is 4.79 Å². The van der Waals surface area contributed by atoms with Gasteiger partial charge in [-0.2, -0.15) is 0 Å². The van der Waals surface area contributed by atoms with Crippen molar-refractivity contribution in [1.82, 2.24) is 10.6 Å². The number of non-ortho nitro benzene ring substituents is 1. The highest BCUT2D eigenvalue weighted by Gasteiger charge is 2.33. The summed E-state index contributed by atoms with van der Waals surface area (Å²) in [7, 11) is 2.88. The third-order valence-electron chi connectivity index (χ3n) is 6.66. The van der Waals surface area contributed by atoms with Gasteiger partial charge in [0.05, 0.1) is 25.2 Å². The van der Waals surface area contributed by atoms with Crippen molar-refractivity contribution in [3.63, 3.8) is 0 Å². The summed E-state index contributed by atoms with van der Waals surface area (Å²) in [4.78, 5) is 37.3. The summed E-state index contributed by atoms with van der Waals surface area (Å²) in [5.41, 5.74) is 2.52. The van der Waals surface area contributed by atoms with Crippen molar-refractivity contribution in [1.29, 1.82) is 0 Å². The summed E-state index contributed by atoms with van der Waals surface area (Å²) in [6.45, 7) is 0. The Labute approximate surface area is 230 Å². The number of phenolic OH excluding ortho intramolecular Hbond substituents is 2. The molecule has 0 saturated heterocycles. The van der Waals surface area contributed by atoms with Crippen LogP contribution in [-0.4, -0.2) is 41.2 Å². The van der Waals surface area contributed by atoms with E-state index in [0.29, 0.717) is 35.4 Å². The molecule has 2 amide bonds. The summed E-state index contributed by atoms with van der Waals surface area (Å²) in [5, 5.41) is 36.7. The molecule has 0 spiro atoms. The molecule has 1 aliphatic heterocycles. The molecule has 3 aromatic rings. The highest BCUT2D eigenvalue weighted by Crippen LogP contribution is 2.33. The van der Waals surface area contributed by atoms with E-state index in [4.69, 9.17) is 9.47 Å². The SMILES string of the molecule is COc1cc(CCC(=O)C2=C(CCc3ccc(O)c(OC)c3)NC(=O)NC2c2cccc([N+](=O)[O-])c2)ccc1O. The van der Waals surface area contributed by atoms with Crippen molar-refractivity contribution >= 4 is 17.5 Å². The number of aryl methyl sites for hydroxylation is 2. The standard InChI is InChI=1S/C29H29N3O8/c1-39-25-14-17(7-11-22(25)33)6-10-21-27(24(35)13-9-18-8-12-23(34)26(15-18)40-2)28(31-29(36)30-21)19-4-3-5-20(16-19)32(37)38/h3-5,7-8,11-12,14-16,28,33-34H,6,9-10,13H2,1-2H3,(H2,30,31,36). The van der Waals surface area contributed by atoms with Crippen molar-refractivity contribution in [2.45, 2.75) is 31.7 Å². The minimum absolute atomic E-state index is 0.00639. The van der Waals surface area contributed by atoms with Gasteiger partial charge in [-0.1, -0.05) is 24.3 Å². The largest absolute Gasteiger partial charge is 0.504 e. The highest BCUT2D eigenvalue weighted by atomic mass is 16.6. The first-order valence-corrected chi connectivity index (χ1v) is 12.5. The number of hydrogen-bond donors (Lipinski definition) is 4. The number of hydrogen-bond acceptors (Lipinski definition) is 8. The average molecular weight is 548 g/mol. The van der Waals surface area contributed by atoms with Gasteiger partial charge in [-0.15, -0.1) is 0 Å². The van der Waals surface area contributed by atoms with Gasteiger partial charge in [0.25, 0.3) is 5.69 Å². The molecule has 0 saturated carbocycles. The number of phenols is 2. The second kappa shape index (κ2) is 12.2. The maximum absolute atomic E-state index is 13.8. The van der Waals surface area contributed by atoms with Crippen LogP contribution >= 0.6 is 0 Å². The average Bonchev–Trinajstić information content (AvgIpc) is 2.95. The van der Waals surface area contributed by atoms with E-state index in [1.54, 1.807) is 30.3 Å². The lowest BCUT2D eigenvalue weighted by Gasteiger charge is -2.30. The number of carbonyl (C=O) groups excluding carboxylic acids is 2. The summed E-state index contributed by atoms with van der Waals surface area (Å²) in [6.07, 6.45) is 1.10. The number of benzene rings is 3. The highest BCUT2D eigenvalue weighted by molar-refractivity contribution is 6.00. The van der Waals surface area contributed by atoms with Crippen LogP contribution < -0.4 is 20.1 Å². The van der Waals surface area contributed by atoms with Gasteiger partial charge in [0.15, 0.2) is 28.8 Å². The van der Waals surface area contributed by atoms with Crippen molar-refractivity contribution in [2.24, 2.45) is 0 Å². The van der Waals surface area contributed by atoms with Gasteiger partial charge in [-0.3, -0.25) is 14.9 Å². The number of urea groups is 1.